The zero-order chi connectivity index (χ0) is 15.7. The highest BCUT2D eigenvalue weighted by Gasteiger charge is 2.14. The number of carbonyl (C=O) groups is 1. The summed E-state index contributed by atoms with van der Waals surface area (Å²) in [6.07, 6.45) is 4.13. The monoisotopic (exact) mass is 292 g/mol. The van der Waals surface area contributed by atoms with Gasteiger partial charge in [0.2, 0.25) is 5.95 Å². The Morgan fingerprint density at radius 1 is 1.14 bits per heavy atom. The van der Waals surface area contributed by atoms with E-state index in [1.807, 2.05) is 6.92 Å². The number of hydrogen-bond acceptors (Lipinski definition) is 4. The van der Waals surface area contributed by atoms with Gasteiger partial charge >= 0.3 is 0 Å². The molecule has 0 aromatic carbocycles. The van der Waals surface area contributed by atoms with Crippen molar-refractivity contribution in [3.8, 4) is 0 Å². The molecule has 0 aliphatic carbocycles. The molecule has 1 rings (SSSR count). The van der Waals surface area contributed by atoms with Crippen LogP contribution in [0.25, 0.3) is 0 Å². The molecule has 0 spiro atoms. The van der Waals surface area contributed by atoms with E-state index in [0.717, 1.165) is 44.5 Å². The number of nitrogens with one attached hydrogen (secondary N) is 1. The van der Waals surface area contributed by atoms with Gasteiger partial charge in [-0.25, -0.2) is 9.97 Å². The number of aromatic nitrogens is 2. The van der Waals surface area contributed by atoms with Crippen molar-refractivity contribution in [1.29, 1.82) is 0 Å². The van der Waals surface area contributed by atoms with Crippen molar-refractivity contribution in [1.82, 2.24) is 15.3 Å². The Kier molecular flexibility index (Phi) is 7.72. The van der Waals surface area contributed by atoms with Crippen LogP contribution in [0.5, 0.6) is 0 Å². The molecule has 1 amide bonds. The third-order valence-corrected chi connectivity index (χ3v) is 3.16. The first kappa shape index (κ1) is 17.4. The molecule has 21 heavy (non-hydrogen) atoms. The average Bonchev–Trinajstić information content (AvgIpc) is 2.46. The van der Waals surface area contributed by atoms with Crippen molar-refractivity contribution in [2.24, 2.45) is 0 Å². The van der Waals surface area contributed by atoms with E-state index >= 15 is 0 Å². The topological polar surface area (TPSA) is 58.1 Å². The highest BCUT2D eigenvalue weighted by atomic mass is 16.1. The van der Waals surface area contributed by atoms with Crippen LogP contribution < -0.4 is 10.2 Å². The summed E-state index contributed by atoms with van der Waals surface area (Å²) >= 11 is 0. The fourth-order valence-electron chi connectivity index (χ4n) is 2.13. The summed E-state index contributed by atoms with van der Waals surface area (Å²) in [6, 6.07) is 1.75. The third kappa shape index (κ3) is 5.69. The van der Waals surface area contributed by atoms with E-state index in [-0.39, 0.29) is 5.91 Å². The van der Waals surface area contributed by atoms with Gasteiger partial charge in [-0.15, -0.1) is 0 Å². The molecular weight excluding hydrogens is 264 g/mol. The Balaban J connectivity index is 2.89. The second kappa shape index (κ2) is 9.32. The van der Waals surface area contributed by atoms with E-state index in [1.54, 1.807) is 6.07 Å². The molecule has 1 aromatic rings. The fraction of sp³-hybridized carbons (Fsp3) is 0.688. The molecule has 0 bridgehead atoms. The zero-order valence-corrected chi connectivity index (χ0v) is 13.8. The molecule has 1 aromatic heterocycles. The molecule has 1 N–H and O–H groups in total. The van der Waals surface area contributed by atoms with Crippen molar-refractivity contribution < 1.29 is 4.79 Å². The maximum atomic E-state index is 12.1. The second-order valence-electron chi connectivity index (χ2n) is 5.29. The molecule has 0 radical (unpaired) electrons. The number of hydrogen-bond donors (Lipinski definition) is 1. The Hall–Kier alpha value is -1.65. The number of nitrogens with zero attached hydrogens (tertiary/aromatic N) is 3. The van der Waals surface area contributed by atoms with Gasteiger partial charge in [-0.05, 0) is 32.3 Å². The molecule has 0 fully saturated rings. The summed E-state index contributed by atoms with van der Waals surface area (Å²) in [5.41, 5.74) is 1.30. The summed E-state index contributed by atoms with van der Waals surface area (Å²) in [6.45, 7) is 10.8. The van der Waals surface area contributed by atoms with Gasteiger partial charge in [-0.2, -0.15) is 0 Å². The Morgan fingerprint density at radius 3 is 2.38 bits per heavy atom. The molecule has 0 atom stereocenters. The summed E-state index contributed by atoms with van der Waals surface area (Å²) in [7, 11) is 0. The van der Waals surface area contributed by atoms with E-state index in [0.29, 0.717) is 18.2 Å². The van der Waals surface area contributed by atoms with E-state index in [2.05, 4.69) is 41.0 Å². The van der Waals surface area contributed by atoms with Crippen LogP contribution in [0, 0.1) is 6.92 Å². The smallest absolute Gasteiger partial charge is 0.270 e. The van der Waals surface area contributed by atoms with Gasteiger partial charge in [-0.3, -0.25) is 4.79 Å². The van der Waals surface area contributed by atoms with Crippen LogP contribution >= 0.6 is 0 Å². The van der Waals surface area contributed by atoms with E-state index in [9.17, 15) is 4.79 Å². The fourth-order valence-corrected chi connectivity index (χ4v) is 2.13. The first-order chi connectivity index (χ1) is 10.1. The lowest BCUT2D eigenvalue weighted by atomic mass is 10.3. The number of amides is 1. The molecule has 0 saturated carbocycles. The van der Waals surface area contributed by atoms with Gasteiger partial charge in [0.15, 0.2) is 0 Å². The Labute approximate surface area is 128 Å². The van der Waals surface area contributed by atoms with Gasteiger partial charge in [0.1, 0.15) is 5.69 Å². The van der Waals surface area contributed by atoms with Crippen molar-refractivity contribution in [3.05, 3.63) is 17.5 Å². The van der Waals surface area contributed by atoms with E-state index < -0.39 is 0 Å². The number of anilines is 1. The first-order valence-corrected chi connectivity index (χ1v) is 8.01. The number of aryl methyl sites for hydroxylation is 1. The van der Waals surface area contributed by atoms with Gasteiger partial charge in [0, 0.05) is 25.3 Å². The van der Waals surface area contributed by atoms with Crippen molar-refractivity contribution >= 4 is 11.9 Å². The minimum Gasteiger partial charge on any atom is -0.351 e. The maximum Gasteiger partial charge on any atom is 0.270 e. The predicted octanol–water partition coefficient (Wildman–Crippen LogP) is 2.94. The number of carbonyl (C=O) groups excluding carboxylic acids is 1. The molecule has 0 unspecified atom stereocenters. The standard InChI is InChI=1S/C16H28N4O/c1-5-8-9-17-15(21)14-12-13(4)18-16(19-14)20(10-6-2)11-7-3/h12H,5-11H2,1-4H3,(H,17,21). The lowest BCUT2D eigenvalue weighted by molar-refractivity contribution is 0.0948. The van der Waals surface area contributed by atoms with E-state index in [1.165, 1.54) is 0 Å². The molecule has 0 saturated heterocycles. The summed E-state index contributed by atoms with van der Waals surface area (Å²) < 4.78 is 0. The van der Waals surface area contributed by atoms with Gasteiger partial charge in [-0.1, -0.05) is 27.2 Å². The summed E-state index contributed by atoms with van der Waals surface area (Å²) in [5, 5.41) is 2.91. The molecule has 1 heterocycles. The van der Waals surface area contributed by atoms with Crippen LogP contribution in [0.3, 0.4) is 0 Å². The van der Waals surface area contributed by atoms with Crippen LogP contribution in [-0.4, -0.2) is 35.5 Å². The highest BCUT2D eigenvalue weighted by Crippen LogP contribution is 2.11. The Bertz CT molecular complexity index is 442. The maximum absolute atomic E-state index is 12.1. The van der Waals surface area contributed by atoms with Crippen molar-refractivity contribution in [2.75, 3.05) is 24.5 Å². The molecule has 0 aliphatic heterocycles. The lowest BCUT2D eigenvalue weighted by Crippen LogP contribution is -2.30. The highest BCUT2D eigenvalue weighted by molar-refractivity contribution is 5.92. The molecule has 118 valence electrons. The number of rotatable bonds is 9. The zero-order valence-electron chi connectivity index (χ0n) is 13.8. The van der Waals surface area contributed by atoms with Crippen molar-refractivity contribution in [3.63, 3.8) is 0 Å². The average molecular weight is 292 g/mol. The van der Waals surface area contributed by atoms with Crippen LogP contribution in [0.15, 0.2) is 6.07 Å². The normalized spacial score (nSPS) is 10.5. The molecule has 5 heteroatoms. The third-order valence-electron chi connectivity index (χ3n) is 3.16. The SMILES string of the molecule is CCCCNC(=O)c1cc(C)nc(N(CCC)CCC)n1. The van der Waals surface area contributed by atoms with Gasteiger partial charge in [0.25, 0.3) is 5.91 Å². The largest absolute Gasteiger partial charge is 0.351 e. The molecule has 5 nitrogen and oxygen atoms in total. The lowest BCUT2D eigenvalue weighted by Gasteiger charge is -2.22. The second-order valence-corrected chi connectivity index (χ2v) is 5.29. The molecule has 0 aliphatic rings. The van der Waals surface area contributed by atoms with Crippen LogP contribution in [-0.2, 0) is 0 Å². The van der Waals surface area contributed by atoms with Crippen molar-refractivity contribution in [2.45, 2.75) is 53.4 Å². The summed E-state index contributed by atoms with van der Waals surface area (Å²) in [5.74, 6) is 0.558. The minimum absolute atomic E-state index is 0.108. The first-order valence-electron chi connectivity index (χ1n) is 8.01. The predicted molar refractivity (Wildman–Crippen MR) is 86.8 cm³/mol. The van der Waals surface area contributed by atoms with Crippen LogP contribution in [0.1, 0.15) is 62.6 Å². The minimum atomic E-state index is -0.108. The quantitative estimate of drug-likeness (QED) is 0.711. The Morgan fingerprint density at radius 2 is 1.81 bits per heavy atom. The van der Waals surface area contributed by atoms with Gasteiger partial charge < -0.3 is 10.2 Å². The van der Waals surface area contributed by atoms with Crippen LogP contribution in [0.4, 0.5) is 5.95 Å². The van der Waals surface area contributed by atoms with Crippen LogP contribution in [0.2, 0.25) is 0 Å². The molecular formula is C16H28N4O. The summed E-state index contributed by atoms with van der Waals surface area (Å²) in [4.78, 5) is 23.2. The number of unbranched alkanes of at least 4 members (excludes halogenated alkanes) is 1. The van der Waals surface area contributed by atoms with Gasteiger partial charge in [0.05, 0.1) is 0 Å². The van der Waals surface area contributed by atoms with E-state index in [4.69, 9.17) is 0 Å².